The predicted molar refractivity (Wildman–Crippen MR) is 73.1 cm³/mol. The second-order valence-corrected chi connectivity index (χ2v) is 7.06. The normalized spacial score (nSPS) is 38.8. The topological polar surface area (TPSA) is 29.1 Å². The van der Waals surface area contributed by atoms with E-state index in [0.717, 1.165) is 36.8 Å². The zero-order valence-corrected chi connectivity index (χ0v) is 11.3. The number of carbonyl (C=O) groups excluding carboxylic acids is 1. The van der Waals surface area contributed by atoms with E-state index < -0.39 is 0 Å². The van der Waals surface area contributed by atoms with E-state index in [1.54, 1.807) is 11.3 Å². The van der Waals surface area contributed by atoms with Crippen molar-refractivity contribution in [1.82, 2.24) is 5.32 Å². The Kier molecular flexibility index (Phi) is 2.59. The Morgan fingerprint density at radius 2 is 2.22 bits per heavy atom. The largest absolute Gasteiger partial charge is 0.313 e. The van der Waals surface area contributed by atoms with Crippen LogP contribution in [0.5, 0.6) is 0 Å². The van der Waals surface area contributed by atoms with Gasteiger partial charge in [0.25, 0.3) is 0 Å². The number of carbonyl (C=O) groups is 1. The highest BCUT2D eigenvalue weighted by Crippen LogP contribution is 2.43. The van der Waals surface area contributed by atoms with Crippen LogP contribution in [0.15, 0.2) is 11.4 Å². The number of Topliss-reactive ketones (excluding diaryl/α,β-unsaturated/α-hetero) is 1. The predicted octanol–water partition coefficient (Wildman–Crippen LogP) is 2.88. The molecule has 18 heavy (non-hydrogen) atoms. The van der Waals surface area contributed by atoms with Crippen molar-refractivity contribution in [3.8, 4) is 0 Å². The third kappa shape index (κ3) is 1.53. The summed E-state index contributed by atoms with van der Waals surface area (Å²) in [5, 5.41) is 5.74. The fraction of sp³-hybridized carbons (Fsp3) is 0.667. The number of rotatable bonds is 1. The first-order chi connectivity index (χ1) is 8.84. The van der Waals surface area contributed by atoms with Gasteiger partial charge in [0.05, 0.1) is 0 Å². The van der Waals surface area contributed by atoms with E-state index in [1.165, 1.54) is 24.1 Å². The van der Waals surface area contributed by atoms with Crippen molar-refractivity contribution in [2.75, 3.05) is 6.54 Å². The van der Waals surface area contributed by atoms with Crippen LogP contribution >= 0.6 is 11.3 Å². The molecule has 4 unspecified atom stereocenters. The third-order valence-corrected chi connectivity index (χ3v) is 6.24. The molecular formula is C15H19NOS. The van der Waals surface area contributed by atoms with Crippen LogP contribution in [-0.4, -0.2) is 18.4 Å². The molecule has 96 valence electrons. The van der Waals surface area contributed by atoms with Crippen molar-refractivity contribution in [3.05, 3.63) is 21.9 Å². The van der Waals surface area contributed by atoms with Gasteiger partial charge in [-0.15, -0.1) is 11.3 Å². The van der Waals surface area contributed by atoms with Crippen molar-refractivity contribution in [2.45, 2.75) is 38.1 Å². The maximum absolute atomic E-state index is 12.6. The van der Waals surface area contributed by atoms with Gasteiger partial charge in [-0.05, 0) is 55.5 Å². The SMILES string of the molecule is O=C1c2ccsc2CCC1C1NCC2CCCC21. The van der Waals surface area contributed by atoms with Crippen LogP contribution in [0.1, 0.15) is 40.9 Å². The van der Waals surface area contributed by atoms with Gasteiger partial charge in [-0.1, -0.05) is 6.42 Å². The molecule has 0 spiro atoms. The first-order valence-corrected chi connectivity index (χ1v) is 8.06. The Morgan fingerprint density at radius 1 is 1.28 bits per heavy atom. The lowest BCUT2D eigenvalue weighted by atomic mass is 9.77. The van der Waals surface area contributed by atoms with Crippen molar-refractivity contribution in [1.29, 1.82) is 0 Å². The average Bonchev–Trinajstić information content (AvgIpc) is 3.04. The van der Waals surface area contributed by atoms with Crippen molar-refractivity contribution < 1.29 is 4.79 Å². The molecule has 1 N–H and O–H groups in total. The van der Waals surface area contributed by atoms with Gasteiger partial charge in [0, 0.05) is 22.4 Å². The molecule has 4 atom stereocenters. The van der Waals surface area contributed by atoms with Crippen LogP contribution in [0.25, 0.3) is 0 Å². The minimum Gasteiger partial charge on any atom is -0.313 e. The third-order valence-electron chi connectivity index (χ3n) is 5.26. The summed E-state index contributed by atoms with van der Waals surface area (Å²) in [6.45, 7) is 1.15. The van der Waals surface area contributed by atoms with E-state index in [4.69, 9.17) is 0 Å². The fourth-order valence-electron chi connectivity index (χ4n) is 4.39. The summed E-state index contributed by atoms with van der Waals surface area (Å²) in [4.78, 5) is 13.9. The van der Waals surface area contributed by atoms with Gasteiger partial charge >= 0.3 is 0 Å². The zero-order chi connectivity index (χ0) is 12.1. The summed E-state index contributed by atoms with van der Waals surface area (Å²) in [5.74, 6) is 2.30. The van der Waals surface area contributed by atoms with E-state index in [9.17, 15) is 4.79 Å². The maximum Gasteiger partial charge on any atom is 0.168 e. The van der Waals surface area contributed by atoms with E-state index >= 15 is 0 Å². The van der Waals surface area contributed by atoms with Crippen LogP contribution in [0, 0.1) is 17.8 Å². The molecule has 4 rings (SSSR count). The fourth-order valence-corrected chi connectivity index (χ4v) is 5.28. The van der Waals surface area contributed by atoms with Gasteiger partial charge in [0.15, 0.2) is 5.78 Å². The summed E-state index contributed by atoms with van der Waals surface area (Å²) >= 11 is 1.75. The van der Waals surface area contributed by atoms with Gasteiger partial charge in [0.2, 0.25) is 0 Å². The molecule has 2 fully saturated rings. The minimum atomic E-state index is 0.250. The number of nitrogens with one attached hydrogen (secondary N) is 1. The van der Waals surface area contributed by atoms with E-state index in [1.807, 2.05) is 6.07 Å². The molecular weight excluding hydrogens is 242 g/mol. The van der Waals surface area contributed by atoms with Gasteiger partial charge in [-0.25, -0.2) is 0 Å². The van der Waals surface area contributed by atoms with Gasteiger partial charge in [-0.3, -0.25) is 4.79 Å². The molecule has 1 aromatic heterocycles. The lowest BCUT2D eigenvalue weighted by Gasteiger charge is -2.30. The average molecular weight is 261 g/mol. The number of fused-ring (bicyclic) bond motifs is 2. The highest BCUT2D eigenvalue weighted by Gasteiger charge is 2.45. The van der Waals surface area contributed by atoms with Crippen LogP contribution in [-0.2, 0) is 6.42 Å². The molecule has 0 amide bonds. The highest BCUT2D eigenvalue weighted by molar-refractivity contribution is 7.10. The second kappa shape index (κ2) is 4.17. The molecule has 1 aliphatic heterocycles. The molecule has 2 aliphatic carbocycles. The summed E-state index contributed by atoms with van der Waals surface area (Å²) < 4.78 is 0. The van der Waals surface area contributed by atoms with Gasteiger partial charge < -0.3 is 5.32 Å². The summed E-state index contributed by atoms with van der Waals surface area (Å²) in [5.41, 5.74) is 1.03. The number of aryl methyl sites for hydroxylation is 1. The Bertz CT molecular complexity index is 481. The molecule has 1 saturated heterocycles. The number of hydrogen-bond acceptors (Lipinski definition) is 3. The van der Waals surface area contributed by atoms with Crippen LogP contribution in [0.3, 0.4) is 0 Å². The lowest BCUT2D eigenvalue weighted by Crippen LogP contribution is -2.41. The van der Waals surface area contributed by atoms with Crippen molar-refractivity contribution in [2.24, 2.45) is 17.8 Å². The standard InChI is InChI=1S/C15H19NOS/c17-15-11-6-7-18-13(11)5-4-12(15)14-10-3-1-2-9(10)8-16-14/h6-7,9-10,12,14,16H,1-5,8H2. The van der Waals surface area contributed by atoms with Crippen LogP contribution < -0.4 is 5.32 Å². The minimum absolute atomic E-state index is 0.250. The monoisotopic (exact) mass is 261 g/mol. The molecule has 0 radical (unpaired) electrons. The lowest BCUT2D eigenvalue weighted by molar-refractivity contribution is 0.0856. The van der Waals surface area contributed by atoms with Gasteiger partial charge in [-0.2, -0.15) is 0 Å². The number of ketones is 1. The summed E-state index contributed by atoms with van der Waals surface area (Å²) in [6, 6.07) is 2.51. The second-order valence-electron chi connectivity index (χ2n) is 6.06. The maximum atomic E-state index is 12.6. The summed E-state index contributed by atoms with van der Waals surface area (Å²) in [7, 11) is 0. The Hall–Kier alpha value is -0.670. The van der Waals surface area contributed by atoms with Crippen molar-refractivity contribution in [3.63, 3.8) is 0 Å². The number of hydrogen-bond donors (Lipinski definition) is 1. The van der Waals surface area contributed by atoms with Crippen LogP contribution in [0.2, 0.25) is 0 Å². The van der Waals surface area contributed by atoms with Gasteiger partial charge in [0.1, 0.15) is 0 Å². The Morgan fingerprint density at radius 3 is 3.17 bits per heavy atom. The van der Waals surface area contributed by atoms with Crippen LogP contribution in [0.4, 0.5) is 0 Å². The Labute approximate surface area is 112 Å². The van der Waals surface area contributed by atoms with E-state index in [-0.39, 0.29) is 5.92 Å². The van der Waals surface area contributed by atoms with Crippen molar-refractivity contribution >= 4 is 17.1 Å². The Balaban J connectivity index is 1.61. The number of thiophene rings is 1. The summed E-state index contributed by atoms with van der Waals surface area (Å²) in [6.07, 6.45) is 6.26. The molecule has 1 saturated carbocycles. The molecule has 0 bridgehead atoms. The molecule has 0 aromatic carbocycles. The smallest absolute Gasteiger partial charge is 0.168 e. The highest BCUT2D eigenvalue weighted by atomic mass is 32.1. The quantitative estimate of drug-likeness (QED) is 0.842. The first kappa shape index (κ1) is 11.2. The molecule has 3 heteroatoms. The van der Waals surface area contributed by atoms with E-state index in [0.29, 0.717) is 11.8 Å². The first-order valence-electron chi connectivity index (χ1n) is 7.18. The molecule has 2 nitrogen and oxygen atoms in total. The molecule has 1 aromatic rings. The molecule has 3 aliphatic rings. The van der Waals surface area contributed by atoms with E-state index in [2.05, 4.69) is 10.7 Å². The molecule has 2 heterocycles. The zero-order valence-electron chi connectivity index (χ0n) is 10.5.